The van der Waals surface area contributed by atoms with Crippen molar-refractivity contribution in [2.45, 2.75) is 64.0 Å². The Balaban J connectivity index is 1.34. The Hall–Kier alpha value is -2.24. The normalized spacial score (nSPS) is 35.1. The molecule has 1 aromatic rings. The Morgan fingerprint density at radius 3 is 2.45 bits per heavy atom. The number of benzene rings is 1. The van der Waals surface area contributed by atoms with E-state index in [1.807, 2.05) is 25.1 Å². The molecule has 29 heavy (non-hydrogen) atoms. The zero-order valence-corrected chi connectivity index (χ0v) is 17.3. The van der Waals surface area contributed by atoms with Crippen molar-refractivity contribution in [1.29, 1.82) is 0 Å². The standard InChI is InChI=1S/C23H30N2O4/c1-14(18-3-4-19-20(8-18)29-6-5-28-19)24-21(27)22-9-16-7-17(10-22)12-23(11-16,13-22)25-15(2)26/h3-4,8,14,16-17H,5-7,9-13H2,1-2H3,(H,24,27)(H,25,26). The molecule has 2 N–H and O–H groups in total. The van der Waals surface area contributed by atoms with Crippen molar-refractivity contribution >= 4 is 11.8 Å². The van der Waals surface area contributed by atoms with Crippen LogP contribution in [0.3, 0.4) is 0 Å². The molecule has 0 spiro atoms. The van der Waals surface area contributed by atoms with Gasteiger partial charge < -0.3 is 20.1 Å². The summed E-state index contributed by atoms with van der Waals surface area (Å²) in [5, 5.41) is 6.52. The first kappa shape index (κ1) is 18.8. The Labute approximate surface area is 171 Å². The first-order valence-electron chi connectivity index (χ1n) is 10.9. The molecule has 3 unspecified atom stereocenters. The van der Waals surface area contributed by atoms with E-state index < -0.39 is 0 Å². The van der Waals surface area contributed by atoms with E-state index in [0.717, 1.165) is 49.2 Å². The van der Waals surface area contributed by atoms with Gasteiger partial charge in [-0.25, -0.2) is 0 Å². The molecule has 4 saturated carbocycles. The van der Waals surface area contributed by atoms with Crippen LogP contribution in [0.25, 0.3) is 0 Å². The van der Waals surface area contributed by atoms with Gasteiger partial charge >= 0.3 is 0 Å². The minimum atomic E-state index is -0.353. The summed E-state index contributed by atoms with van der Waals surface area (Å²) in [4.78, 5) is 25.4. The lowest BCUT2D eigenvalue weighted by Crippen LogP contribution is -2.65. The van der Waals surface area contributed by atoms with Crippen LogP contribution in [-0.4, -0.2) is 30.6 Å². The SMILES string of the molecule is CC(=O)NC12CC3CC(C1)CC(C(=O)NC(C)c1ccc4c(c1)OCCO4)(C3)C2. The zero-order chi connectivity index (χ0) is 20.2. The number of amides is 2. The molecular formula is C23H30N2O4. The van der Waals surface area contributed by atoms with Gasteiger partial charge in [0.1, 0.15) is 13.2 Å². The van der Waals surface area contributed by atoms with Crippen LogP contribution in [0.5, 0.6) is 11.5 Å². The van der Waals surface area contributed by atoms with E-state index >= 15 is 0 Å². The minimum Gasteiger partial charge on any atom is -0.486 e. The molecule has 2 amide bonds. The highest BCUT2D eigenvalue weighted by Gasteiger charge is 2.60. The first-order valence-corrected chi connectivity index (χ1v) is 10.9. The number of fused-ring (bicyclic) bond motifs is 1. The highest BCUT2D eigenvalue weighted by Crippen LogP contribution is 2.61. The smallest absolute Gasteiger partial charge is 0.226 e. The molecule has 0 saturated heterocycles. The van der Waals surface area contributed by atoms with Crippen LogP contribution in [0.1, 0.15) is 64.0 Å². The Morgan fingerprint density at radius 2 is 1.76 bits per heavy atom. The molecule has 156 valence electrons. The summed E-state index contributed by atoms with van der Waals surface area (Å²) in [6.07, 6.45) is 5.92. The maximum absolute atomic E-state index is 13.5. The average molecular weight is 399 g/mol. The fourth-order valence-corrected chi connectivity index (χ4v) is 6.81. The fourth-order valence-electron chi connectivity index (χ4n) is 6.81. The monoisotopic (exact) mass is 398 g/mol. The number of hydrogen-bond donors (Lipinski definition) is 2. The molecule has 4 bridgehead atoms. The van der Waals surface area contributed by atoms with Gasteiger partial charge in [0.05, 0.1) is 11.5 Å². The average Bonchev–Trinajstić information content (AvgIpc) is 2.65. The summed E-state index contributed by atoms with van der Waals surface area (Å²) in [5.41, 5.74) is 0.478. The van der Waals surface area contributed by atoms with Crippen LogP contribution in [0.2, 0.25) is 0 Å². The van der Waals surface area contributed by atoms with Gasteiger partial charge in [-0.3, -0.25) is 9.59 Å². The highest BCUT2D eigenvalue weighted by molar-refractivity contribution is 5.84. The maximum Gasteiger partial charge on any atom is 0.226 e. The van der Waals surface area contributed by atoms with Crippen LogP contribution >= 0.6 is 0 Å². The second kappa shape index (κ2) is 6.64. The molecule has 4 aliphatic carbocycles. The van der Waals surface area contributed by atoms with Crippen molar-refractivity contribution < 1.29 is 19.1 Å². The van der Waals surface area contributed by atoms with Crippen molar-refractivity contribution in [3.8, 4) is 11.5 Å². The van der Waals surface area contributed by atoms with Crippen LogP contribution in [0, 0.1) is 17.3 Å². The third-order valence-corrected chi connectivity index (χ3v) is 7.40. The van der Waals surface area contributed by atoms with Crippen LogP contribution in [0.4, 0.5) is 0 Å². The summed E-state index contributed by atoms with van der Waals surface area (Å²) in [7, 11) is 0. The lowest BCUT2D eigenvalue weighted by Gasteiger charge is -2.61. The summed E-state index contributed by atoms with van der Waals surface area (Å²) in [5.74, 6) is 2.75. The van der Waals surface area contributed by atoms with Crippen molar-refractivity contribution in [1.82, 2.24) is 10.6 Å². The second-order valence-electron chi connectivity index (χ2n) is 9.80. The molecule has 3 atom stereocenters. The van der Waals surface area contributed by atoms with Gasteiger partial charge in [-0.1, -0.05) is 6.07 Å². The van der Waals surface area contributed by atoms with Gasteiger partial charge in [-0.2, -0.15) is 0 Å². The molecule has 1 aromatic carbocycles. The Morgan fingerprint density at radius 1 is 1.07 bits per heavy atom. The Bertz CT molecular complexity index is 837. The van der Waals surface area contributed by atoms with Crippen molar-refractivity contribution in [2.24, 2.45) is 17.3 Å². The van der Waals surface area contributed by atoms with Gasteiger partial charge in [-0.15, -0.1) is 0 Å². The van der Waals surface area contributed by atoms with Gasteiger partial charge in [0.2, 0.25) is 11.8 Å². The summed E-state index contributed by atoms with van der Waals surface area (Å²) in [6.45, 7) is 4.73. The quantitative estimate of drug-likeness (QED) is 0.817. The number of ether oxygens (including phenoxy) is 2. The molecule has 6 heteroatoms. The molecule has 6 nitrogen and oxygen atoms in total. The van der Waals surface area contributed by atoms with Crippen molar-refractivity contribution in [3.05, 3.63) is 23.8 Å². The number of rotatable bonds is 4. The summed E-state index contributed by atoms with van der Waals surface area (Å²) in [6, 6.07) is 5.78. The van der Waals surface area contributed by atoms with E-state index in [9.17, 15) is 9.59 Å². The third kappa shape index (κ3) is 3.26. The molecular weight excluding hydrogens is 368 g/mol. The number of carbonyl (C=O) groups excluding carboxylic acids is 2. The topological polar surface area (TPSA) is 76.7 Å². The molecule has 1 aliphatic heterocycles. The Kier molecular flexibility index (Phi) is 4.30. The lowest BCUT2D eigenvalue weighted by molar-refractivity contribution is -0.153. The molecule has 6 rings (SSSR count). The van der Waals surface area contributed by atoms with E-state index in [-0.39, 0.29) is 28.8 Å². The van der Waals surface area contributed by atoms with Crippen LogP contribution in [0.15, 0.2) is 18.2 Å². The van der Waals surface area contributed by atoms with E-state index in [1.165, 1.54) is 6.42 Å². The van der Waals surface area contributed by atoms with Gasteiger partial charge in [-0.05, 0) is 75.0 Å². The van der Waals surface area contributed by atoms with E-state index in [0.29, 0.717) is 25.0 Å². The number of carbonyl (C=O) groups is 2. The maximum atomic E-state index is 13.5. The lowest BCUT2D eigenvalue weighted by atomic mass is 9.46. The first-order chi connectivity index (χ1) is 13.9. The molecule has 5 aliphatic rings. The zero-order valence-electron chi connectivity index (χ0n) is 17.3. The van der Waals surface area contributed by atoms with Crippen LogP contribution in [-0.2, 0) is 9.59 Å². The fraction of sp³-hybridized carbons (Fsp3) is 0.652. The largest absolute Gasteiger partial charge is 0.486 e. The molecule has 0 aromatic heterocycles. The summed E-state index contributed by atoms with van der Waals surface area (Å²) < 4.78 is 11.3. The van der Waals surface area contributed by atoms with E-state index in [2.05, 4.69) is 10.6 Å². The number of nitrogens with one attached hydrogen (secondary N) is 2. The minimum absolute atomic E-state index is 0.0205. The van der Waals surface area contributed by atoms with Gasteiger partial charge in [0, 0.05) is 12.5 Å². The van der Waals surface area contributed by atoms with Gasteiger partial charge in [0.15, 0.2) is 11.5 Å². The molecule has 1 heterocycles. The van der Waals surface area contributed by atoms with Crippen molar-refractivity contribution in [2.75, 3.05) is 13.2 Å². The predicted molar refractivity (Wildman–Crippen MR) is 108 cm³/mol. The van der Waals surface area contributed by atoms with Gasteiger partial charge in [0.25, 0.3) is 0 Å². The van der Waals surface area contributed by atoms with Crippen molar-refractivity contribution in [3.63, 3.8) is 0 Å². The highest BCUT2D eigenvalue weighted by atomic mass is 16.6. The second-order valence-corrected chi connectivity index (χ2v) is 9.80. The van der Waals surface area contributed by atoms with E-state index in [1.54, 1.807) is 6.92 Å². The van der Waals surface area contributed by atoms with Crippen LogP contribution < -0.4 is 20.1 Å². The number of hydrogen-bond acceptors (Lipinski definition) is 4. The van der Waals surface area contributed by atoms with E-state index in [4.69, 9.17) is 9.47 Å². The molecule has 0 radical (unpaired) electrons. The predicted octanol–water partition coefficient (Wildman–Crippen LogP) is 3.11. The summed E-state index contributed by atoms with van der Waals surface area (Å²) >= 11 is 0. The third-order valence-electron chi connectivity index (χ3n) is 7.40. The molecule has 4 fully saturated rings.